The average molecular weight is 414 g/mol. The molecule has 6 heteroatoms. The first kappa shape index (κ1) is 20.4. The topological polar surface area (TPSA) is 44.8 Å². The molecule has 1 N–H and O–H groups in total. The van der Waals surface area contributed by atoms with E-state index >= 15 is 0 Å². The van der Waals surface area contributed by atoms with E-state index < -0.39 is 0 Å². The van der Waals surface area contributed by atoms with E-state index in [0.717, 1.165) is 68.4 Å². The molecule has 1 unspecified atom stereocenters. The maximum absolute atomic E-state index is 13.0. The molecule has 2 saturated heterocycles. The van der Waals surface area contributed by atoms with Crippen molar-refractivity contribution in [2.45, 2.75) is 32.2 Å². The summed E-state index contributed by atoms with van der Waals surface area (Å²) in [5.41, 5.74) is 2.31. The fourth-order valence-corrected chi connectivity index (χ4v) is 5.40. The summed E-state index contributed by atoms with van der Waals surface area (Å²) >= 11 is 1.61. The lowest BCUT2D eigenvalue weighted by atomic mass is 10.1. The number of carbonyl (C=O) groups is 1. The number of nitrogens with one attached hydrogen (secondary N) is 1. The van der Waals surface area contributed by atoms with Crippen LogP contribution in [-0.4, -0.2) is 62.8 Å². The van der Waals surface area contributed by atoms with Gasteiger partial charge in [-0.2, -0.15) is 0 Å². The molecule has 1 aromatic carbocycles. The lowest BCUT2D eigenvalue weighted by molar-refractivity contribution is 0.0941. The van der Waals surface area contributed by atoms with Crippen LogP contribution in [0, 0.1) is 0 Å². The minimum absolute atomic E-state index is 0.0457. The van der Waals surface area contributed by atoms with Crippen LogP contribution in [-0.2, 0) is 4.74 Å². The number of morpholine rings is 1. The Morgan fingerprint density at radius 1 is 1.14 bits per heavy atom. The van der Waals surface area contributed by atoms with Gasteiger partial charge in [-0.25, -0.2) is 0 Å². The lowest BCUT2D eigenvalue weighted by Gasteiger charge is -2.28. The number of hydrogen-bond donors (Lipinski definition) is 1. The second-order valence-corrected chi connectivity index (χ2v) is 8.84. The molecule has 0 radical (unpaired) electrons. The van der Waals surface area contributed by atoms with E-state index in [2.05, 4.69) is 52.4 Å². The minimum Gasteiger partial charge on any atom is -0.378 e. The highest BCUT2D eigenvalue weighted by Crippen LogP contribution is 2.39. The monoisotopic (exact) mass is 413 g/mol. The summed E-state index contributed by atoms with van der Waals surface area (Å²) in [6, 6.07) is 12.9. The third kappa shape index (κ3) is 4.82. The Morgan fingerprint density at radius 2 is 1.86 bits per heavy atom. The quantitative estimate of drug-likeness (QED) is 0.749. The Bertz CT molecular complexity index is 796. The number of benzene rings is 1. The van der Waals surface area contributed by atoms with Crippen molar-refractivity contribution >= 4 is 22.2 Å². The highest BCUT2D eigenvalue weighted by molar-refractivity contribution is 7.18. The van der Waals surface area contributed by atoms with E-state index in [9.17, 15) is 4.79 Å². The number of hydrogen-bond acceptors (Lipinski definition) is 5. The molecule has 4 rings (SSSR count). The second kappa shape index (κ2) is 9.74. The summed E-state index contributed by atoms with van der Waals surface area (Å²) in [4.78, 5) is 18.7. The minimum atomic E-state index is 0.0457. The molecule has 2 fully saturated rings. The first-order chi connectivity index (χ1) is 14.3. The molecule has 0 bridgehead atoms. The van der Waals surface area contributed by atoms with Crippen molar-refractivity contribution in [2.75, 3.05) is 50.8 Å². The fraction of sp³-hybridized carbons (Fsp3) is 0.522. The molecule has 5 nitrogen and oxygen atoms in total. The van der Waals surface area contributed by atoms with Gasteiger partial charge in [0, 0.05) is 31.2 Å². The molecule has 0 aliphatic carbocycles. The summed E-state index contributed by atoms with van der Waals surface area (Å²) in [5, 5.41) is 4.39. The van der Waals surface area contributed by atoms with Gasteiger partial charge in [0.1, 0.15) is 0 Å². The molecular formula is C23H31N3O2S. The molecule has 1 atom stereocenters. The maximum Gasteiger partial charge on any atom is 0.261 e. The molecule has 2 aromatic rings. The number of rotatable bonds is 7. The number of carbonyl (C=O) groups excluding carboxylic acids is 1. The zero-order valence-corrected chi connectivity index (χ0v) is 18.0. The van der Waals surface area contributed by atoms with Gasteiger partial charge in [-0.3, -0.25) is 9.69 Å². The Morgan fingerprint density at radius 3 is 2.55 bits per heavy atom. The first-order valence-corrected chi connectivity index (χ1v) is 11.6. The van der Waals surface area contributed by atoms with Crippen molar-refractivity contribution in [1.82, 2.24) is 10.2 Å². The SMILES string of the molecule is CCC(CNC(=O)c1cc(-c2ccccc2)c(N2CCOCC2)s1)N1CCCC1. The molecule has 156 valence electrons. The smallest absolute Gasteiger partial charge is 0.261 e. The van der Waals surface area contributed by atoms with Gasteiger partial charge in [-0.15, -0.1) is 11.3 Å². The van der Waals surface area contributed by atoms with Crippen LogP contribution in [0.5, 0.6) is 0 Å². The molecule has 29 heavy (non-hydrogen) atoms. The molecule has 3 heterocycles. The Kier molecular flexibility index (Phi) is 6.85. The van der Waals surface area contributed by atoms with Gasteiger partial charge in [-0.1, -0.05) is 37.3 Å². The van der Waals surface area contributed by atoms with Crippen LogP contribution in [0.1, 0.15) is 35.9 Å². The first-order valence-electron chi connectivity index (χ1n) is 10.8. The Labute approximate surface area is 177 Å². The second-order valence-electron chi connectivity index (χ2n) is 7.81. The summed E-state index contributed by atoms with van der Waals surface area (Å²) < 4.78 is 5.53. The van der Waals surface area contributed by atoms with Gasteiger partial charge >= 0.3 is 0 Å². The molecule has 1 aromatic heterocycles. The lowest BCUT2D eigenvalue weighted by Crippen LogP contribution is -2.42. The Hall–Kier alpha value is -1.89. The van der Waals surface area contributed by atoms with Crippen molar-refractivity contribution in [3.05, 3.63) is 41.3 Å². The largest absolute Gasteiger partial charge is 0.378 e. The summed E-state index contributed by atoms with van der Waals surface area (Å²) in [5.74, 6) is 0.0457. The molecule has 0 spiro atoms. The highest BCUT2D eigenvalue weighted by atomic mass is 32.1. The van der Waals surface area contributed by atoms with Crippen LogP contribution in [0.15, 0.2) is 36.4 Å². The molecule has 2 aliphatic rings. The molecule has 1 amide bonds. The van der Waals surface area contributed by atoms with Crippen LogP contribution in [0.4, 0.5) is 5.00 Å². The normalized spacial score (nSPS) is 18.7. The van der Waals surface area contributed by atoms with E-state index in [4.69, 9.17) is 4.74 Å². The van der Waals surface area contributed by atoms with E-state index in [1.165, 1.54) is 17.8 Å². The van der Waals surface area contributed by atoms with Gasteiger partial charge in [-0.05, 0) is 44.0 Å². The van der Waals surface area contributed by atoms with E-state index in [1.54, 1.807) is 11.3 Å². The summed E-state index contributed by atoms with van der Waals surface area (Å²) in [6.45, 7) is 8.47. The molecule has 0 saturated carbocycles. The van der Waals surface area contributed by atoms with Gasteiger partial charge in [0.25, 0.3) is 5.91 Å². The molecular weight excluding hydrogens is 382 g/mol. The number of thiophene rings is 1. The van der Waals surface area contributed by atoms with Gasteiger partial charge < -0.3 is 15.0 Å². The predicted molar refractivity (Wildman–Crippen MR) is 120 cm³/mol. The van der Waals surface area contributed by atoms with Gasteiger partial charge in [0.2, 0.25) is 0 Å². The number of nitrogens with zero attached hydrogens (tertiary/aromatic N) is 2. The number of anilines is 1. The van der Waals surface area contributed by atoms with Crippen LogP contribution < -0.4 is 10.2 Å². The van der Waals surface area contributed by atoms with Crippen LogP contribution >= 0.6 is 11.3 Å². The van der Waals surface area contributed by atoms with Crippen molar-refractivity contribution in [1.29, 1.82) is 0 Å². The van der Waals surface area contributed by atoms with Crippen molar-refractivity contribution in [3.8, 4) is 11.1 Å². The zero-order chi connectivity index (χ0) is 20.1. The zero-order valence-electron chi connectivity index (χ0n) is 17.2. The van der Waals surface area contributed by atoms with Crippen molar-refractivity contribution in [2.24, 2.45) is 0 Å². The van der Waals surface area contributed by atoms with E-state index in [0.29, 0.717) is 6.04 Å². The van der Waals surface area contributed by atoms with Gasteiger partial charge in [0.05, 0.1) is 23.1 Å². The average Bonchev–Trinajstić information content (AvgIpc) is 3.46. The van der Waals surface area contributed by atoms with E-state index in [1.807, 2.05) is 6.07 Å². The van der Waals surface area contributed by atoms with Crippen LogP contribution in [0.2, 0.25) is 0 Å². The molecule has 2 aliphatic heterocycles. The number of amides is 1. The van der Waals surface area contributed by atoms with Crippen LogP contribution in [0.3, 0.4) is 0 Å². The third-order valence-electron chi connectivity index (χ3n) is 5.95. The summed E-state index contributed by atoms with van der Waals surface area (Å²) in [6.07, 6.45) is 3.62. The van der Waals surface area contributed by atoms with Crippen LogP contribution in [0.25, 0.3) is 11.1 Å². The Balaban J connectivity index is 1.52. The number of likely N-dealkylation sites (tertiary alicyclic amines) is 1. The maximum atomic E-state index is 13.0. The number of ether oxygens (including phenoxy) is 1. The van der Waals surface area contributed by atoms with E-state index in [-0.39, 0.29) is 5.91 Å². The standard InChI is InChI=1S/C23H31N3O2S/c1-2-19(25-10-6-7-11-25)17-24-22(27)21-16-20(18-8-4-3-5-9-18)23(29-21)26-12-14-28-15-13-26/h3-5,8-9,16,19H,2,6-7,10-15,17H2,1H3,(H,24,27). The van der Waals surface area contributed by atoms with Crippen molar-refractivity contribution in [3.63, 3.8) is 0 Å². The van der Waals surface area contributed by atoms with Crippen molar-refractivity contribution < 1.29 is 9.53 Å². The predicted octanol–water partition coefficient (Wildman–Crippen LogP) is 3.86. The highest BCUT2D eigenvalue weighted by Gasteiger charge is 2.24. The fourth-order valence-electron chi connectivity index (χ4n) is 4.26. The van der Waals surface area contributed by atoms with Gasteiger partial charge in [0.15, 0.2) is 0 Å². The third-order valence-corrected chi connectivity index (χ3v) is 7.14. The summed E-state index contributed by atoms with van der Waals surface area (Å²) in [7, 11) is 0.